The van der Waals surface area contributed by atoms with E-state index in [1.54, 1.807) is 24.3 Å². The molecule has 1 atom stereocenters. The minimum atomic E-state index is -3.97. The minimum Gasteiger partial charge on any atom is -0.354 e. The summed E-state index contributed by atoms with van der Waals surface area (Å²) in [6.07, 6.45) is 1.20. The lowest BCUT2D eigenvalue weighted by atomic mass is 10.0. The molecule has 0 heterocycles. The Labute approximate surface area is 251 Å². The Balaban J connectivity index is 2.07. The Morgan fingerprint density at radius 2 is 1.52 bits per heavy atom. The fourth-order valence-corrected chi connectivity index (χ4v) is 5.58. The second kappa shape index (κ2) is 14.2. The third-order valence-electron chi connectivity index (χ3n) is 6.05. The van der Waals surface area contributed by atoms with Gasteiger partial charge in [0.1, 0.15) is 12.6 Å². The molecule has 0 aliphatic heterocycles. The zero-order valence-electron chi connectivity index (χ0n) is 22.5. The molecule has 40 heavy (non-hydrogen) atoms. The highest BCUT2D eigenvalue weighted by molar-refractivity contribution is 7.92. The average molecular weight is 625 g/mol. The molecule has 0 unspecified atom stereocenters. The lowest BCUT2D eigenvalue weighted by molar-refractivity contribution is -0.140. The van der Waals surface area contributed by atoms with Crippen LogP contribution < -0.4 is 9.62 Å². The molecule has 0 saturated carbocycles. The monoisotopic (exact) mass is 623 g/mol. The maximum atomic E-state index is 14.1. The number of nitrogens with zero attached hydrogens (tertiary/aromatic N) is 2. The molecule has 0 radical (unpaired) electrons. The van der Waals surface area contributed by atoms with Crippen molar-refractivity contribution in [3.05, 3.63) is 99.0 Å². The predicted molar refractivity (Wildman–Crippen MR) is 162 cm³/mol. The summed E-state index contributed by atoms with van der Waals surface area (Å²) >= 11 is 18.7. The quantitative estimate of drug-likeness (QED) is 0.275. The topological polar surface area (TPSA) is 86.8 Å². The van der Waals surface area contributed by atoms with Gasteiger partial charge < -0.3 is 10.2 Å². The summed E-state index contributed by atoms with van der Waals surface area (Å²) in [7, 11) is -3.97. The van der Waals surface area contributed by atoms with E-state index in [1.165, 1.54) is 23.1 Å². The van der Waals surface area contributed by atoms with Crippen LogP contribution >= 0.6 is 34.8 Å². The van der Waals surface area contributed by atoms with E-state index < -0.39 is 28.5 Å². The summed E-state index contributed by atoms with van der Waals surface area (Å²) < 4.78 is 26.7. The third kappa shape index (κ3) is 9.13. The number of hydrogen-bond donors (Lipinski definition) is 1. The molecular formula is C29H32Cl3N3O4S. The summed E-state index contributed by atoms with van der Waals surface area (Å²) in [5, 5.41) is 3.77. The van der Waals surface area contributed by atoms with Crippen LogP contribution in [0.2, 0.25) is 15.1 Å². The van der Waals surface area contributed by atoms with Crippen LogP contribution in [0.5, 0.6) is 0 Å². The number of carbonyl (C=O) groups is 2. The Morgan fingerprint density at radius 3 is 2.15 bits per heavy atom. The van der Waals surface area contributed by atoms with E-state index in [4.69, 9.17) is 34.8 Å². The first-order valence-corrected chi connectivity index (χ1v) is 15.6. The van der Waals surface area contributed by atoms with Gasteiger partial charge in [-0.25, -0.2) is 8.42 Å². The summed E-state index contributed by atoms with van der Waals surface area (Å²) in [6.45, 7) is 3.78. The Morgan fingerprint density at radius 1 is 0.875 bits per heavy atom. The Kier molecular flexibility index (Phi) is 11.3. The van der Waals surface area contributed by atoms with Crippen molar-refractivity contribution in [2.45, 2.75) is 32.9 Å². The molecule has 2 amide bonds. The third-order valence-corrected chi connectivity index (χ3v) is 7.97. The van der Waals surface area contributed by atoms with E-state index in [0.717, 1.165) is 16.1 Å². The molecular weight excluding hydrogens is 593 g/mol. The first kappa shape index (κ1) is 31.7. The summed E-state index contributed by atoms with van der Waals surface area (Å²) in [6, 6.07) is 19.7. The molecule has 11 heteroatoms. The Bertz CT molecular complexity index is 1440. The van der Waals surface area contributed by atoms with Gasteiger partial charge in [0.25, 0.3) is 0 Å². The Hall–Kier alpha value is -2.78. The van der Waals surface area contributed by atoms with Crippen LogP contribution in [0.1, 0.15) is 25.0 Å². The van der Waals surface area contributed by atoms with Gasteiger partial charge in [-0.05, 0) is 47.4 Å². The number of anilines is 1. The van der Waals surface area contributed by atoms with Crippen LogP contribution in [0.15, 0.2) is 72.8 Å². The predicted octanol–water partition coefficient (Wildman–Crippen LogP) is 5.83. The molecule has 0 spiro atoms. The van der Waals surface area contributed by atoms with Crippen molar-refractivity contribution in [1.29, 1.82) is 0 Å². The number of halogens is 3. The fraction of sp³-hybridized carbons (Fsp3) is 0.310. The van der Waals surface area contributed by atoms with Gasteiger partial charge in [0, 0.05) is 29.6 Å². The number of rotatable bonds is 12. The summed E-state index contributed by atoms with van der Waals surface area (Å²) in [4.78, 5) is 29.1. The van der Waals surface area contributed by atoms with E-state index >= 15 is 0 Å². The number of nitrogens with one attached hydrogen (secondary N) is 1. The van der Waals surface area contributed by atoms with Gasteiger partial charge in [-0.1, -0.05) is 91.1 Å². The molecule has 3 aromatic rings. The van der Waals surface area contributed by atoms with E-state index in [0.29, 0.717) is 17.1 Å². The fourth-order valence-electron chi connectivity index (χ4n) is 4.08. The summed E-state index contributed by atoms with van der Waals surface area (Å²) in [5.41, 5.74) is 1.59. The standard InChI is InChI=1S/C29H32Cl3N3O4S/c1-20(2)17-33-29(37)27(15-21-8-5-4-6-9-21)34(18-22-10-7-11-23(30)14-22)28(36)19-35(40(3,38)39)26-16-24(31)12-13-25(26)32/h4-14,16,20,27H,15,17-19H2,1-3H3,(H,33,37)/t27-/m0/s1. The molecule has 3 rings (SSSR count). The zero-order chi connectivity index (χ0) is 29.4. The van der Waals surface area contributed by atoms with Crippen molar-refractivity contribution in [3.8, 4) is 0 Å². The minimum absolute atomic E-state index is 0.0207. The summed E-state index contributed by atoms with van der Waals surface area (Å²) in [5.74, 6) is -0.759. The normalized spacial score (nSPS) is 12.2. The molecule has 0 saturated heterocycles. The molecule has 7 nitrogen and oxygen atoms in total. The van der Waals surface area contributed by atoms with Gasteiger partial charge in [-0.15, -0.1) is 0 Å². The van der Waals surface area contributed by atoms with E-state index in [9.17, 15) is 18.0 Å². The van der Waals surface area contributed by atoms with Crippen molar-refractivity contribution in [3.63, 3.8) is 0 Å². The van der Waals surface area contributed by atoms with Crippen LogP contribution in [0.25, 0.3) is 0 Å². The van der Waals surface area contributed by atoms with Crippen LogP contribution in [-0.4, -0.2) is 50.5 Å². The van der Waals surface area contributed by atoms with Gasteiger partial charge in [0.2, 0.25) is 21.8 Å². The van der Waals surface area contributed by atoms with Gasteiger partial charge in [0.05, 0.1) is 17.0 Å². The molecule has 1 N–H and O–H groups in total. The van der Waals surface area contributed by atoms with Gasteiger partial charge in [0.15, 0.2) is 0 Å². The zero-order valence-corrected chi connectivity index (χ0v) is 25.6. The van der Waals surface area contributed by atoms with Crippen molar-refractivity contribution < 1.29 is 18.0 Å². The highest BCUT2D eigenvalue weighted by atomic mass is 35.5. The number of benzene rings is 3. The van der Waals surface area contributed by atoms with E-state index in [2.05, 4.69) is 5.32 Å². The van der Waals surface area contributed by atoms with Crippen molar-refractivity contribution in [1.82, 2.24) is 10.2 Å². The highest BCUT2D eigenvalue weighted by Gasteiger charge is 2.33. The average Bonchev–Trinajstić information content (AvgIpc) is 2.89. The van der Waals surface area contributed by atoms with Crippen LogP contribution in [-0.2, 0) is 32.6 Å². The van der Waals surface area contributed by atoms with Gasteiger partial charge in [-0.2, -0.15) is 0 Å². The maximum Gasteiger partial charge on any atom is 0.244 e. The first-order chi connectivity index (χ1) is 18.8. The number of sulfonamides is 1. The van der Waals surface area contributed by atoms with Crippen LogP contribution in [0.4, 0.5) is 5.69 Å². The molecule has 0 aromatic heterocycles. The molecule has 3 aromatic carbocycles. The largest absolute Gasteiger partial charge is 0.354 e. The lowest BCUT2D eigenvalue weighted by Gasteiger charge is -2.34. The number of hydrogen-bond acceptors (Lipinski definition) is 4. The smallest absolute Gasteiger partial charge is 0.244 e. The van der Waals surface area contributed by atoms with Crippen LogP contribution in [0.3, 0.4) is 0 Å². The first-order valence-electron chi connectivity index (χ1n) is 12.6. The number of carbonyl (C=O) groups excluding carboxylic acids is 2. The van der Waals surface area contributed by atoms with Gasteiger partial charge in [-0.3, -0.25) is 13.9 Å². The molecule has 0 aliphatic rings. The van der Waals surface area contributed by atoms with Crippen LogP contribution in [0, 0.1) is 5.92 Å². The van der Waals surface area contributed by atoms with Crippen molar-refractivity contribution in [2.24, 2.45) is 5.92 Å². The number of amides is 2. The second-order valence-corrected chi connectivity index (χ2v) is 13.0. The molecule has 0 aliphatic carbocycles. The maximum absolute atomic E-state index is 14.1. The second-order valence-electron chi connectivity index (χ2n) is 9.86. The molecule has 0 bridgehead atoms. The van der Waals surface area contributed by atoms with Crippen molar-refractivity contribution >= 4 is 62.3 Å². The SMILES string of the molecule is CC(C)CNC(=O)[C@H](Cc1ccccc1)N(Cc1cccc(Cl)c1)C(=O)CN(c1cc(Cl)ccc1Cl)S(C)(=O)=O. The highest BCUT2D eigenvalue weighted by Crippen LogP contribution is 2.31. The van der Waals surface area contributed by atoms with Gasteiger partial charge >= 0.3 is 0 Å². The van der Waals surface area contributed by atoms with Crippen molar-refractivity contribution in [2.75, 3.05) is 23.7 Å². The molecule has 214 valence electrons. The molecule has 0 fully saturated rings. The van der Waals surface area contributed by atoms with E-state index in [1.807, 2.05) is 44.2 Å². The van der Waals surface area contributed by atoms with E-state index in [-0.39, 0.29) is 40.5 Å². The lowest BCUT2D eigenvalue weighted by Crippen LogP contribution is -2.53.